The third-order valence-electron chi connectivity index (χ3n) is 4.17. The zero-order chi connectivity index (χ0) is 16.8. The van der Waals surface area contributed by atoms with Gasteiger partial charge >= 0.3 is 5.97 Å². The van der Waals surface area contributed by atoms with Crippen molar-refractivity contribution in [3.63, 3.8) is 0 Å². The highest BCUT2D eigenvalue weighted by molar-refractivity contribution is 7.99. The number of esters is 1. The summed E-state index contributed by atoms with van der Waals surface area (Å²) < 4.78 is 8.39. The molecule has 0 spiro atoms. The highest BCUT2D eigenvalue weighted by Crippen LogP contribution is 2.36. The van der Waals surface area contributed by atoms with Gasteiger partial charge in [-0.15, -0.1) is 21.5 Å². The van der Waals surface area contributed by atoms with Crippen LogP contribution in [0, 0.1) is 0 Å². The Bertz CT molecular complexity index is 1020. The maximum absolute atomic E-state index is 12.7. The van der Waals surface area contributed by atoms with Crippen LogP contribution in [-0.2, 0) is 29.4 Å². The number of thiophene rings is 1. The fraction of sp³-hybridized carbons (Fsp3) is 0.467. The summed E-state index contributed by atoms with van der Waals surface area (Å²) in [5.74, 6) is 0.386. The second kappa shape index (κ2) is 5.89. The topological polar surface area (TPSA) is 78.5 Å². The summed E-state index contributed by atoms with van der Waals surface area (Å²) in [7, 11) is 1.71. The smallest absolute Gasteiger partial charge is 0.316 e. The molecule has 1 aliphatic rings. The Labute approximate surface area is 145 Å². The van der Waals surface area contributed by atoms with E-state index < -0.39 is 0 Å². The normalized spacial score (nSPS) is 13.8. The van der Waals surface area contributed by atoms with Gasteiger partial charge < -0.3 is 4.74 Å². The van der Waals surface area contributed by atoms with E-state index in [-0.39, 0.29) is 17.3 Å². The molecule has 3 heterocycles. The van der Waals surface area contributed by atoms with Crippen molar-refractivity contribution in [3.8, 4) is 0 Å². The van der Waals surface area contributed by atoms with Gasteiger partial charge in [0.1, 0.15) is 4.83 Å². The minimum Gasteiger partial charge on any atom is -0.465 e. The van der Waals surface area contributed by atoms with E-state index in [0.717, 1.165) is 29.5 Å². The molecule has 0 N–H and O–H groups in total. The summed E-state index contributed by atoms with van der Waals surface area (Å²) in [5.41, 5.74) is 1.15. The van der Waals surface area contributed by atoms with Crippen molar-refractivity contribution < 1.29 is 9.53 Å². The lowest BCUT2D eigenvalue weighted by molar-refractivity contribution is -0.139. The summed E-state index contributed by atoms with van der Waals surface area (Å²) in [6, 6.07) is 0. The van der Waals surface area contributed by atoms with Crippen LogP contribution in [0.25, 0.3) is 16.0 Å². The van der Waals surface area contributed by atoms with E-state index in [2.05, 4.69) is 10.2 Å². The second-order valence-electron chi connectivity index (χ2n) is 5.61. The molecule has 0 atom stereocenters. The second-order valence-corrected chi connectivity index (χ2v) is 7.64. The van der Waals surface area contributed by atoms with E-state index in [0.29, 0.717) is 17.5 Å². The summed E-state index contributed by atoms with van der Waals surface area (Å²) in [5, 5.41) is 9.71. The summed E-state index contributed by atoms with van der Waals surface area (Å²) in [4.78, 5) is 26.5. The van der Waals surface area contributed by atoms with E-state index in [1.807, 2.05) is 4.40 Å². The molecule has 126 valence electrons. The molecule has 0 bridgehead atoms. The molecule has 4 rings (SSSR count). The zero-order valence-corrected chi connectivity index (χ0v) is 15.0. The molecule has 3 aromatic heterocycles. The molecule has 0 aromatic carbocycles. The maximum atomic E-state index is 12.7. The number of carbonyl (C=O) groups is 1. The van der Waals surface area contributed by atoms with Gasteiger partial charge in [0.25, 0.3) is 5.56 Å². The van der Waals surface area contributed by atoms with Crippen molar-refractivity contribution in [2.75, 3.05) is 12.4 Å². The first kappa shape index (κ1) is 15.6. The Morgan fingerprint density at radius 2 is 2.21 bits per heavy atom. The minimum atomic E-state index is -0.283. The molecular weight excluding hydrogens is 348 g/mol. The van der Waals surface area contributed by atoms with Crippen molar-refractivity contribution in [2.45, 2.75) is 31.3 Å². The Balaban J connectivity index is 1.88. The average molecular weight is 364 g/mol. The van der Waals surface area contributed by atoms with Crippen molar-refractivity contribution in [3.05, 3.63) is 20.8 Å². The molecule has 7 nitrogen and oxygen atoms in total. The van der Waals surface area contributed by atoms with Crippen molar-refractivity contribution in [1.29, 1.82) is 0 Å². The van der Waals surface area contributed by atoms with Gasteiger partial charge in [-0.1, -0.05) is 11.8 Å². The largest absolute Gasteiger partial charge is 0.465 e. The van der Waals surface area contributed by atoms with Crippen LogP contribution in [0.3, 0.4) is 0 Å². The third-order valence-corrected chi connectivity index (χ3v) is 6.34. The Kier molecular flexibility index (Phi) is 3.84. The number of rotatable bonds is 4. The molecule has 9 heteroatoms. The van der Waals surface area contributed by atoms with Gasteiger partial charge in [-0.2, -0.15) is 0 Å². The van der Waals surface area contributed by atoms with Gasteiger partial charge in [-0.25, -0.2) is 4.40 Å². The molecule has 0 saturated heterocycles. The predicted octanol–water partition coefficient (Wildman–Crippen LogP) is 1.79. The fourth-order valence-electron chi connectivity index (χ4n) is 3.10. The van der Waals surface area contributed by atoms with Crippen LogP contribution >= 0.6 is 23.1 Å². The molecule has 0 aliphatic heterocycles. The number of fused-ring (bicyclic) bond motifs is 5. The molecule has 0 saturated carbocycles. The van der Waals surface area contributed by atoms with E-state index in [4.69, 9.17) is 4.74 Å². The number of carbonyl (C=O) groups excluding carboxylic acids is 1. The van der Waals surface area contributed by atoms with Gasteiger partial charge in [0.2, 0.25) is 5.78 Å². The van der Waals surface area contributed by atoms with Crippen LogP contribution in [0.5, 0.6) is 0 Å². The Morgan fingerprint density at radius 3 is 3.00 bits per heavy atom. The lowest BCUT2D eigenvalue weighted by atomic mass is 10.2. The number of aryl methyl sites for hydroxylation is 3. The lowest BCUT2D eigenvalue weighted by Crippen LogP contribution is -2.20. The van der Waals surface area contributed by atoms with E-state index in [1.54, 1.807) is 25.3 Å². The lowest BCUT2D eigenvalue weighted by Gasteiger charge is -2.05. The predicted molar refractivity (Wildman–Crippen MR) is 93.0 cm³/mol. The molecule has 0 amide bonds. The highest BCUT2D eigenvalue weighted by atomic mass is 32.2. The fourth-order valence-corrected chi connectivity index (χ4v) is 5.27. The summed E-state index contributed by atoms with van der Waals surface area (Å²) in [6.45, 7) is 2.14. The number of hydrogen-bond donors (Lipinski definition) is 0. The Hall–Kier alpha value is -1.87. The SMILES string of the molecule is CCOC(=O)CSc1nnc2n(C)c(=O)c3c4c(sc3n12)CCC4. The van der Waals surface area contributed by atoms with Crippen molar-refractivity contribution >= 4 is 45.1 Å². The van der Waals surface area contributed by atoms with Crippen molar-refractivity contribution in [2.24, 2.45) is 7.05 Å². The van der Waals surface area contributed by atoms with Crippen LogP contribution in [-0.4, -0.2) is 37.5 Å². The van der Waals surface area contributed by atoms with Crippen molar-refractivity contribution in [1.82, 2.24) is 19.2 Å². The molecule has 3 aromatic rings. The quantitative estimate of drug-likeness (QED) is 0.519. The number of ether oxygens (including phenoxy) is 1. The first-order valence-electron chi connectivity index (χ1n) is 7.78. The Morgan fingerprint density at radius 1 is 1.38 bits per heavy atom. The minimum absolute atomic E-state index is 0.0220. The first-order chi connectivity index (χ1) is 11.6. The van der Waals surface area contributed by atoms with E-state index >= 15 is 0 Å². The maximum Gasteiger partial charge on any atom is 0.316 e. The van der Waals surface area contributed by atoms with Crippen LogP contribution in [0.2, 0.25) is 0 Å². The number of hydrogen-bond acceptors (Lipinski definition) is 7. The molecule has 24 heavy (non-hydrogen) atoms. The molecule has 0 fully saturated rings. The van der Waals surface area contributed by atoms with E-state index in [1.165, 1.54) is 26.8 Å². The number of nitrogens with zero attached hydrogens (tertiary/aromatic N) is 4. The zero-order valence-electron chi connectivity index (χ0n) is 13.4. The van der Waals surface area contributed by atoms with E-state index in [9.17, 15) is 9.59 Å². The average Bonchev–Trinajstić information content (AvgIpc) is 3.23. The molecular formula is C15H16N4O3S2. The third kappa shape index (κ3) is 2.26. The van der Waals surface area contributed by atoms with Gasteiger partial charge in [-0.05, 0) is 31.7 Å². The van der Waals surface area contributed by atoms with Gasteiger partial charge in [-0.3, -0.25) is 14.2 Å². The number of thioether (sulfide) groups is 1. The van der Waals surface area contributed by atoms with Crippen LogP contribution in [0.15, 0.2) is 9.95 Å². The summed E-state index contributed by atoms with van der Waals surface area (Å²) >= 11 is 2.92. The highest BCUT2D eigenvalue weighted by Gasteiger charge is 2.25. The van der Waals surface area contributed by atoms with Crippen LogP contribution in [0.1, 0.15) is 23.8 Å². The standard InChI is InChI=1S/C15H16N4O3S2/c1-3-22-10(20)7-23-15-17-16-14-18(2)12(21)11-8-5-4-6-9(8)24-13(11)19(14)15/h3-7H2,1-2H3. The molecule has 0 unspecified atom stereocenters. The van der Waals surface area contributed by atoms with Gasteiger partial charge in [0.05, 0.1) is 17.7 Å². The number of aromatic nitrogens is 4. The van der Waals surface area contributed by atoms with Gasteiger partial charge in [0.15, 0.2) is 5.16 Å². The summed E-state index contributed by atoms with van der Waals surface area (Å²) in [6.07, 6.45) is 3.07. The first-order valence-corrected chi connectivity index (χ1v) is 9.58. The monoisotopic (exact) mass is 364 g/mol. The van der Waals surface area contributed by atoms with Gasteiger partial charge in [0, 0.05) is 11.9 Å². The molecule has 1 aliphatic carbocycles. The van der Waals surface area contributed by atoms with Crippen LogP contribution in [0.4, 0.5) is 0 Å². The molecule has 0 radical (unpaired) electrons. The van der Waals surface area contributed by atoms with Crippen LogP contribution < -0.4 is 5.56 Å².